The van der Waals surface area contributed by atoms with Gasteiger partial charge in [0.2, 0.25) is 11.8 Å². The Morgan fingerprint density at radius 2 is 2.09 bits per heavy atom. The molecule has 2 saturated carbocycles. The summed E-state index contributed by atoms with van der Waals surface area (Å²) in [6, 6.07) is 10.7. The number of ether oxygens (including phenoxy) is 1. The molecule has 8 heteroatoms. The van der Waals surface area contributed by atoms with Gasteiger partial charge in [0.15, 0.2) is 0 Å². The molecule has 2 N–H and O–H groups in total. The van der Waals surface area contributed by atoms with Gasteiger partial charge in [0.25, 0.3) is 0 Å². The smallest absolute Gasteiger partial charge is 0.240 e. The van der Waals surface area contributed by atoms with Crippen molar-refractivity contribution in [1.29, 1.82) is 5.26 Å². The van der Waals surface area contributed by atoms with Crippen molar-refractivity contribution in [2.75, 3.05) is 26.8 Å². The van der Waals surface area contributed by atoms with Crippen molar-refractivity contribution >= 4 is 22.7 Å². The number of benzene rings is 1. The van der Waals surface area contributed by atoms with E-state index in [9.17, 15) is 14.9 Å². The van der Waals surface area contributed by atoms with Crippen LogP contribution in [0.2, 0.25) is 0 Å². The second-order valence-electron chi connectivity index (χ2n) is 10.4. The maximum atomic E-state index is 13.7. The van der Waals surface area contributed by atoms with Crippen molar-refractivity contribution in [3.8, 4) is 6.07 Å². The highest BCUT2D eigenvalue weighted by atomic mass is 16.5. The van der Waals surface area contributed by atoms with Crippen molar-refractivity contribution < 1.29 is 14.3 Å². The van der Waals surface area contributed by atoms with Gasteiger partial charge in [-0.25, -0.2) is 0 Å². The molecule has 35 heavy (non-hydrogen) atoms. The fraction of sp³-hybridized carbons (Fsp3) is 0.593. The molecule has 1 aromatic heterocycles. The lowest BCUT2D eigenvalue weighted by atomic mass is 9.93. The van der Waals surface area contributed by atoms with Gasteiger partial charge in [0, 0.05) is 69.1 Å². The van der Waals surface area contributed by atoms with Crippen molar-refractivity contribution in [3.63, 3.8) is 0 Å². The number of amides is 2. The summed E-state index contributed by atoms with van der Waals surface area (Å²) in [5.41, 5.74) is 1.53. The van der Waals surface area contributed by atoms with Gasteiger partial charge in [0.1, 0.15) is 5.41 Å². The molecule has 2 amide bonds. The molecule has 8 nitrogen and oxygen atoms in total. The standard InChI is InChI=1S/C27H35N5O3/c1-35-12-4-11-31-16-20(23-5-2-3-6-24(23)31)17-32(22-7-8-22)25(33)19-13-21(15-29-14-19)30-26(34)27(18-28)9-10-27/h2-3,5-6,16,19,21-22,29H,4,7-15,17H2,1H3,(H,30,34)/t19-,21+/m0/s1. The van der Waals surface area contributed by atoms with Crippen LogP contribution in [0.5, 0.6) is 0 Å². The first-order valence-corrected chi connectivity index (χ1v) is 12.8. The molecule has 5 rings (SSSR count). The molecule has 0 spiro atoms. The second kappa shape index (κ2) is 10.00. The third-order valence-electron chi connectivity index (χ3n) is 7.66. The first-order valence-electron chi connectivity index (χ1n) is 12.8. The molecule has 1 aromatic carbocycles. The van der Waals surface area contributed by atoms with E-state index in [2.05, 4.69) is 56.6 Å². The van der Waals surface area contributed by atoms with Crippen LogP contribution in [0, 0.1) is 22.7 Å². The number of rotatable bonds is 10. The molecule has 0 unspecified atom stereocenters. The highest BCUT2D eigenvalue weighted by Crippen LogP contribution is 2.45. The lowest BCUT2D eigenvalue weighted by molar-refractivity contribution is -0.138. The zero-order chi connectivity index (χ0) is 24.4. The number of hydrogen-bond acceptors (Lipinski definition) is 5. The van der Waals surface area contributed by atoms with Gasteiger partial charge in [-0.05, 0) is 50.2 Å². The van der Waals surface area contributed by atoms with E-state index in [0.29, 0.717) is 44.9 Å². The molecule has 2 aromatic rings. The Labute approximate surface area is 206 Å². The molecule has 3 aliphatic rings. The van der Waals surface area contributed by atoms with Crippen LogP contribution in [0.15, 0.2) is 30.5 Å². The highest BCUT2D eigenvalue weighted by molar-refractivity contribution is 5.89. The molecule has 0 radical (unpaired) electrons. The third-order valence-corrected chi connectivity index (χ3v) is 7.66. The average Bonchev–Trinajstić information content (AvgIpc) is 3.81. The Kier molecular flexibility index (Phi) is 6.81. The van der Waals surface area contributed by atoms with Crippen LogP contribution in [0.25, 0.3) is 10.9 Å². The minimum Gasteiger partial charge on any atom is -0.385 e. The Morgan fingerprint density at radius 1 is 1.29 bits per heavy atom. The Bertz CT molecular complexity index is 1130. The quantitative estimate of drug-likeness (QED) is 0.513. The largest absolute Gasteiger partial charge is 0.385 e. The summed E-state index contributed by atoms with van der Waals surface area (Å²) in [6.45, 7) is 3.46. The Hall–Kier alpha value is -2.89. The van der Waals surface area contributed by atoms with Crippen molar-refractivity contribution in [1.82, 2.24) is 20.1 Å². The van der Waals surface area contributed by atoms with Gasteiger partial charge in [0.05, 0.1) is 12.0 Å². The number of carbonyl (C=O) groups is 2. The summed E-state index contributed by atoms with van der Waals surface area (Å²) in [5, 5.41) is 16.9. The molecule has 2 heterocycles. The monoisotopic (exact) mass is 477 g/mol. The number of piperidine rings is 1. The number of nitrogens with one attached hydrogen (secondary N) is 2. The van der Waals surface area contributed by atoms with Gasteiger partial charge in [-0.3, -0.25) is 9.59 Å². The fourth-order valence-corrected chi connectivity index (χ4v) is 5.28. The minimum atomic E-state index is -0.839. The number of hydrogen-bond donors (Lipinski definition) is 2. The first-order chi connectivity index (χ1) is 17.0. The van der Waals surface area contributed by atoms with E-state index in [1.54, 1.807) is 7.11 Å². The van der Waals surface area contributed by atoms with Gasteiger partial charge >= 0.3 is 0 Å². The lowest BCUT2D eigenvalue weighted by Gasteiger charge is -2.34. The average molecular weight is 478 g/mol. The number of para-hydroxylation sites is 1. The molecule has 3 fully saturated rings. The summed E-state index contributed by atoms with van der Waals surface area (Å²) >= 11 is 0. The summed E-state index contributed by atoms with van der Waals surface area (Å²) in [7, 11) is 1.72. The van der Waals surface area contributed by atoms with Gasteiger partial charge in [-0.15, -0.1) is 0 Å². The second-order valence-corrected chi connectivity index (χ2v) is 10.4. The number of aryl methyl sites for hydroxylation is 1. The van der Waals surface area contributed by atoms with Crippen LogP contribution >= 0.6 is 0 Å². The predicted molar refractivity (Wildman–Crippen MR) is 132 cm³/mol. The zero-order valence-corrected chi connectivity index (χ0v) is 20.5. The van der Waals surface area contributed by atoms with Crippen LogP contribution in [-0.4, -0.2) is 60.2 Å². The normalized spacial score (nSPS) is 23.0. The molecule has 2 atom stereocenters. The molecule has 186 valence electrons. The summed E-state index contributed by atoms with van der Waals surface area (Å²) in [4.78, 5) is 28.3. The molecule has 1 aliphatic heterocycles. The topological polar surface area (TPSA) is 99.4 Å². The van der Waals surface area contributed by atoms with E-state index in [1.807, 2.05) is 0 Å². The van der Waals surface area contributed by atoms with E-state index < -0.39 is 5.41 Å². The first kappa shape index (κ1) is 23.8. The Morgan fingerprint density at radius 3 is 2.80 bits per heavy atom. The summed E-state index contributed by atoms with van der Waals surface area (Å²) in [6.07, 6.45) is 7.10. The minimum absolute atomic E-state index is 0.125. The number of methoxy groups -OCH3 is 1. The maximum absolute atomic E-state index is 13.7. The number of nitrogens with zero attached hydrogens (tertiary/aromatic N) is 3. The predicted octanol–water partition coefficient (Wildman–Crippen LogP) is 2.57. The van der Waals surface area contributed by atoms with Crippen LogP contribution < -0.4 is 10.6 Å². The SMILES string of the molecule is COCCCn1cc(CN(C(=O)[C@@H]2CNC[C@H](NC(=O)C3(C#N)CC3)C2)C2CC2)c2ccccc21. The van der Waals surface area contributed by atoms with Crippen molar-refractivity contribution in [3.05, 3.63) is 36.0 Å². The van der Waals surface area contributed by atoms with E-state index in [1.165, 1.54) is 16.5 Å². The molecule has 2 aliphatic carbocycles. The third kappa shape index (κ3) is 5.07. The van der Waals surface area contributed by atoms with Gasteiger partial charge in [-0.1, -0.05) is 18.2 Å². The van der Waals surface area contributed by atoms with Crippen LogP contribution in [0.3, 0.4) is 0 Å². The number of carbonyl (C=O) groups excluding carboxylic acids is 2. The van der Waals surface area contributed by atoms with Crippen LogP contribution in [0.1, 0.15) is 44.1 Å². The van der Waals surface area contributed by atoms with Crippen molar-refractivity contribution in [2.24, 2.45) is 11.3 Å². The van der Waals surface area contributed by atoms with E-state index in [4.69, 9.17) is 4.74 Å². The summed E-state index contributed by atoms with van der Waals surface area (Å²) < 4.78 is 7.51. The van der Waals surface area contributed by atoms with E-state index >= 15 is 0 Å². The van der Waals surface area contributed by atoms with Crippen LogP contribution in [-0.2, 0) is 27.4 Å². The number of aromatic nitrogens is 1. The van der Waals surface area contributed by atoms with Crippen molar-refractivity contribution in [2.45, 2.75) is 63.7 Å². The molecule has 1 saturated heterocycles. The molecular formula is C27H35N5O3. The fourth-order valence-electron chi connectivity index (χ4n) is 5.28. The Balaban J connectivity index is 1.29. The number of nitriles is 1. The maximum Gasteiger partial charge on any atom is 0.240 e. The molecule has 0 bridgehead atoms. The lowest BCUT2D eigenvalue weighted by Crippen LogP contribution is -2.54. The molecular weight excluding hydrogens is 442 g/mol. The van der Waals surface area contributed by atoms with E-state index in [0.717, 1.165) is 32.4 Å². The van der Waals surface area contributed by atoms with Gasteiger partial charge in [-0.2, -0.15) is 5.26 Å². The van der Waals surface area contributed by atoms with Crippen LogP contribution in [0.4, 0.5) is 0 Å². The summed E-state index contributed by atoms with van der Waals surface area (Å²) in [5.74, 6) is -0.196. The number of fused-ring (bicyclic) bond motifs is 1. The zero-order valence-electron chi connectivity index (χ0n) is 20.5. The van der Waals surface area contributed by atoms with E-state index in [-0.39, 0.29) is 23.8 Å². The van der Waals surface area contributed by atoms with Gasteiger partial charge < -0.3 is 24.8 Å². The highest BCUT2D eigenvalue weighted by Gasteiger charge is 2.51.